The summed E-state index contributed by atoms with van der Waals surface area (Å²) in [6, 6.07) is 14.7. The van der Waals surface area contributed by atoms with Crippen molar-refractivity contribution in [1.29, 1.82) is 0 Å². The minimum atomic E-state index is -0.995. The minimum absolute atomic E-state index is 0.210. The van der Waals surface area contributed by atoms with E-state index in [-0.39, 0.29) is 4.75 Å². The number of hydrogen-bond donors (Lipinski definition) is 1. The Hall–Kier alpha value is -1.19. The third-order valence-corrected chi connectivity index (χ3v) is 4.64. The first-order valence-electron chi connectivity index (χ1n) is 6.60. The molecule has 0 radical (unpaired) electrons. The summed E-state index contributed by atoms with van der Waals surface area (Å²) in [5, 5.41) is 2.55. The van der Waals surface area contributed by atoms with Crippen LogP contribution in [0.3, 0.4) is 0 Å². The Morgan fingerprint density at radius 1 is 1.05 bits per heavy atom. The molecule has 0 aliphatic carbocycles. The molecule has 19 heavy (non-hydrogen) atoms. The summed E-state index contributed by atoms with van der Waals surface area (Å²) in [6.07, 6.45) is 0.892. The highest BCUT2D eigenvalue weighted by Gasteiger charge is 2.18. The number of fused-ring (bicyclic) bond motifs is 1. The van der Waals surface area contributed by atoms with Crippen LogP contribution in [0.5, 0.6) is 0 Å². The van der Waals surface area contributed by atoms with Gasteiger partial charge in [0.1, 0.15) is 0 Å². The molecule has 0 saturated heterocycles. The zero-order chi connectivity index (χ0) is 13.9. The van der Waals surface area contributed by atoms with Gasteiger partial charge in [-0.05, 0) is 43.5 Å². The Morgan fingerprint density at radius 3 is 2.47 bits per heavy atom. The quantitative estimate of drug-likeness (QED) is 0.910. The molecule has 2 aromatic rings. The van der Waals surface area contributed by atoms with Crippen LogP contribution in [-0.4, -0.2) is 15.5 Å². The van der Waals surface area contributed by atoms with Gasteiger partial charge in [-0.1, -0.05) is 42.5 Å². The van der Waals surface area contributed by atoms with Gasteiger partial charge in [0.05, 0.1) is 15.7 Å². The van der Waals surface area contributed by atoms with E-state index in [0.29, 0.717) is 0 Å². The van der Waals surface area contributed by atoms with E-state index in [2.05, 4.69) is 47.2 Å². The molecule has 0 bridgehead atoms. The van der Waals surface area contributed by atoms with Gasteiger partial charge in [0, 0.05) is 6.54 Å². The molecule has 0 spiro atoms. The number of hydrogen-bond acceptors (Lipinski definition) is 1. The predicted octanol–water partition coefficient (Wildman–Crippen LogP) is 3.43. The van der Waals surface area contributed by atoms with Crippen molar-refractivity contribution in [3.63, 3.8) is 0 Å². The topological polar surface area (TPSA) is 29.1 Å². The Balaban J connectivity index is 2.05. The van der Waals surface area contributed by atoms with Crippen LogP contribution in [0.1, 0.15) is 26.3 Å². The second kappa shape index (κ2) is 5.85. The van der Waals surface area contributed by atoms with Crippen LogP contribution in [0, 0.1) is 0 Å². The largest absolute Gasteiger partial charge is 0.242 e. The number of nitrogens with one attached hydrogen (secondary N) is 1. The molecule has 2 aromatic carbocycles. The third-order valence-electron chi connectivity index (χ3n) is 3.06. The zero-order valence-corrected chi connectivity index (χ0v) is 12.6. The van der Waals surface area contributed by atoms with Gasteiger partial charge >= 0.3 is 0 Å². The average molecular weight is 275 g/mol. The van der Waals surface area contributed by atoms with Gasteiger partial charge in [-0.15, -0.1) is 0 Å². The van der Waals surface area contributed by atoms with Crippen LogP contribution in [0.25, 0.3) is 10.8 Å². The molecule has 3 heteroatoms. The lowest BCUT2D eigenvalue weighted by molar-refractivity contribution is 0.635. The lowest BCUT2D eigenvalue weighted by Crippen LogP contribution is -2.34. The monoisotopic (exact) mass is 275 g/mol. The summed E-state index contributed by atoms with van der Waals surface area (Å²) in [7, 11) is -0.995. The van der Waals surface area contributed by atoms with Gasteiger partial charge in [-0.3, -0.25) is 0 Å². The molecular weight excluding hydrogens is 254 g/mol. The molecule has 2 nitrogen and oxygen atoms in total. The maximum absolute atomic E-state index is 11.9. The maximum Gasteiger partial charge on any atom is 0.0970 e. The Bertz CT molecular complexity index is 581. The van der Waals surface area contributed by atoms with Crippen LogP contribution < -0.4 is 4.72 Å². The van der Waals surface area contributed by atoms with Gasteiger partial charge < -0.3 is 0 Å². The van der Waals surface area contributed by atoms with Crippen LogP contribution >= 0.6 is 0 Å². The normalized spacial score (nSPS) is 13.6. The number of benzene rings is 2. The summed E-state index contributed by atoms with van der Waals surface area (Å²) < 4.78 is 14.8. The highest BCUT2D eigenvalue weighted by atomic mass is 32.2. The molecule has 0 saturated carbocycles. The fraction of sp³-hybridized carbons (Fsp3) is 0.375. The summed E-state index contributed by atoms with van der Waals surface area (Å²) in [4.78, 5) is 0. The molecule has 0 aliphatic rings. The first kappa shape index (κ1) is 14.2. The lowest BCUT2D eigenvalue weighted by Gasteiger charge is -2.18. The highest BCUT2D eigenvalue weighted by molar-refractivity contribution is 7.84. The van der Waals surface area contributed by atoms with Crippen molar-refractivity contribution in [2.75, 3.05) is 6.54 Å². The molecule has 102 valence electrons. The van der Waals surface area contributed by atoms with E-state index in [0.717, 1.165) is 13.0 Å². The second-order valence-corrected chi connectivity index (χ2v) is 7.71. The smallest absolute Gasteiger partial charge is 0.0970 e. The standard InChI is InChI=1S/C16H21NOS/c1-16(2,3)19(18)17-12-11-14-9-6-8-13-7-4-5-10-15(13)14/h4-10,17H,11-12H2,1-3H3. The molecule has 0 aromatic heterocycles. The predicted molar refractivity (Wildman–Crippen MR) is 83.6 cm³/mol. The Morgan fingerprint density at radius 2 is 1.74 bits per heavy atom. The SMILES string of the molecule is CC(C)(C)S(=O)NCCc1cccc2ccccc12. The summed E-state index contributed by atoms with van der Waals surface area (Å²) >= 11 is 0. The fourth-order valence-corrected chi connectivity index (χ4v) is 2.73. The van der Waals surface area contributed by atoms with E-state index in [1.165, 1.54) is 16.3 Å². The molecular formula is C16H21NOS. The van der Waals surface area contributed by atoms with Crippen LogP contribution in [0.4, 0.5) is 0 Å². The third kappa shape index (κ3) is 3.64. The van der Waals surface area contributed by atoms with Gasteiger partial charge in [0.15, 0.2) is 0 Å². The van der Waals surface area contributed by atoms with Gasteiger partial charge in [-0.2, -0.15) is 0 Å². The molecule has 0 aliphatic heterocycles. The van der Waals surface area contributed by atoms with E-state index in [9.17, 15) is 4.21 Å². The average Bonchev–Trinajstić information content (AvgIpc) is 2.38. The van der Waals surface area contributed by atoms with E-state index in [1.54, 1.807) is 0 Å². The molecule has 1 unspecified atom stereocenters. The van der Waals surface area contributed by atoms with E-state index < -0.39 is 11.0 Å². The van der Waals surface area contributed by atoms with Crippen molar-refractivity contribution in [3.8, 4) is 0 Å². The minimum Gasteiger partial charge on any atom is -0.242 e. The molecule has 0 fully saturated rings. The summed E-state index contributed by atoms with van der Waals surface area (Å²) in [5.74, 6) is 0. The van der Waals surface area contributed by atoms with Crippen molar-refractivity contribution < 1.29 is 4.21 Å². The maximum atomic E-state index is 11.9. The fourth-order valence-electron chi connectivity index (χ4n) is 2.01. The first-order valence-corrected chi connectivity index (χ1v) is 7.75. The van der Waals surface area contributed by atoms with Crippen molar-refractivity contribution in [2.24, 2.45) is 0 Å². The molecule has 1 atom stereocenters. The second-order valence-electron chi connectivity index (χ2n) is 5.66. The lowest BCUT2D eigenvalue weighted by atomic mass is 10.0. The molecule has 2 rings (SSSR count). The van der Waals surface area contributed by atoms with Gasteiger partial charge in [0.25, 0.3) is 0 Å². The van der Waals surface area contributed by atoms with E-state index >= 15 is 0 Å². The first-order chi connectivity index (χ1) is 8.98. The molecule has 1 N–H and O–H groups in total. The van der Waals surface area contributed by atoms with Crippen LogP contribution in [0.15, 0.2) is 42.5 Å². The summed E-state index contributed by atoms with van der Waals surface area (Å²) in [5.41, 5.74) is 1.30. The van der Waals surface area contributed by atoms with Crippen LogP contribution in [-0.2, 0) is 17.4 Å². The highest BCUT2D eigenvalue weighted by Crippen LogP contribution is 2.18. The zero-order valence-electron chi connectivity index (χ0n) is 11.8. The molecule has 0 amide bonds. The van der Waals surface area contributed by atoms with Crippen LogP contribution in [0.2, 0.25) is 0 Å². The van der Waals surface area contributed by atoms with Crippen molar-refractivity contribution >= 4 is 21.8 Å². The van der Waals surface area contributed by atoms with Crippen molar-refractivity contribution in [1.82, 2.24) is 4.72 Å². The molecule has 0 heterocycles. The van der Waals surface area contributed by atoms with Crippen molar-refractivity contribution in [2.45, 2.75) is 31.9 Å². The van der Waals surface area contributed by atoms with E-state index in [4.69, 9.17) is 0 Å². The van der Waals surface area contributed by atoms with Crippen molar-refractivity contribution in [3.05, 3.63) is 48.0 Å². The Labute approximate surface area is 117 Å². The van der Waals surface area contributed by atoms with Gasteiger partial charge in [0.2, 0.25) is 0 Å². The Kier molecular flexibility index (Phi) is 4.38. The summed E-state index contributed by atoms with van der Waals surface area (Å²) in [6.45, 7) is 6.67. The van der Waals surface area contributed by atoms with E-state index in [1.807, 2.05) is 20.8 Å². The number of rotatable bonds is 4. The van der Waals surface area contributed by atoms with Gasteiger partial charge in [-0.25, -0.2) is 8.93 Å².